The smallest absolute Gasteiger partial charge is 0.268 e. The van der Waals surface area contributed by atoms with Gasteiger partial charge in [0.25, 0.3) is 5.91 Å². The van der Waals surface area contributed by atoms with Gasteiger partial charge in [-0.2, -0.15) is 0 Å². The number of nitrogens with zero attached hydrogens (tertiary/aromatic N) is 1. The molecule has 0 radical (unpaired) electrons. The summed E-state index contributed by atoms with van der Waals surface area (Å²) in [6.07, 6.45) is 0.645. The van der Waals surface area contributed by atoms with Gasteiger partial charge in [-0.15, -0.1) is 0 Å². The number of hydrogen-bond acceptors (Lipinski definition) is 2. The number of fused-ring (bicyclic) bond motifs is 2. The molecule has 0 spiro atoms. The third kappa shape index (κ3) is 3.34. The van der Waals surface area contributed by atoms with Gasteiger partial charge >= 0.3 is 0 Å². The number of piperidine rings is 1. The molecule has 0 bridgehead atoms. The molecule has 1 aromatic heterocycles. The lowest BCUT2D eigenvalue weighted by Crippen LogP contribution is -2.51. The number of amides is 2. The molecule has 2 amide bonds. The Labute approximate surface area is 173 Å². The fourth-order valence-electron chi connectivity index (χ4n) is 5.51. The van der Waals surface area contributed by atoms with E-state index in [-0.39, 0.29) is 17.9 Å². The number of likely N-dealkylation sites (tertiary alicyclic amines) is 1. The summed E-state index contributed by atoms with van der Waals surface area (Å²) in [5, 5.41) is 4.07. The molecule has 4 atom stereocenters. The minimum absolute atomic E-state index is 0.0647. The van der Waals surface area contributed by atoms with Gasteiger partial charge in [0, 0.05) is 23.5 Å². The molecule has 1 saturated heterocycles. The minimum atomic E-state index is -0.488. The molecule has 29 heavy (non-hydrogen) atoms. The Balaban J connectivity index is 1.51. The Morgan fingerprint density at radius 2 is 2.03 bits per heavy atom. The molecule has 1 aliphatic heterocycles. The molecule has 2 N–H and O–H groups in total. The van der Waals surface area contributed by atoms with E-state index in [2.05, 4.69) is 44.9 Å². The number of nitrogens with one attached hydrogen (secondary N) is 2. The van der Waals surface area contributed by atoms with E-state index in [9.17, 15) is 9.59 Å². The molecular formula is C24H33N3O2. The second kappa shape index (κ2) is 6.89. The van der Waals surface area contributed by atoms with Crippen molar-refractivity contribution < 1.29 is 9.59 Å². The number of carbonyl (C=O) groups excluding carboxylic acids is 2. The molecule has 1 aliphatic carbocycles. The molecule has 2 aliphatic rings. The van der Waals surface area contributed by atoms with E-state index in [1.807, 2.05) is 36.1 Å². The number of aryl methyl sites for hydroxylation is 1. The van der Waals surface area contributed by atoms with Crippen molar-refractivity contribution in [3.63, 3.8) is 0 Å². The fourth-order valence-corrected chi connectivity index (χ4v) is 5.51. The zero-order valence-corrected chi connectivity index (χ0v) is 18.4. The standard InChI is InChI=1S/C24H33N3O2/c1-13(2)10-20(23(29)27-12-17-21(15(27)4)24(17,5)6)26-22(28)19-11-16-14(3)8-7-9-18(16)25-19/h7-9,11,13,15,17,20-21,25H,10,12H2,1-6H3,(H,26,28)/t15-,17+,20+,21-/m1/s1. The van der Waals surface area contributed by atoms with Gasteiger partial charge < -0.3 is 15.2 Å². The van der Waals surface area contributed by atoms with Crippen molar-refractivity contribution in [2.45, 2.75) is 60.0 Å². The van der Waals surface area contributed by atoms with E-state index >= 15 is 0 Å². The SMILES string of the molecule is Cc1cccc2[nH]c(C(=O)N[C@@H](CC(C)C)C(=O)N3C[C@H]4[C@@H]([C@H]3C)C4(C)C)cc12. The molecule has 1 saturated carbocycles. The maximum atomic E-state index is 13.4. The Hall–Kier alpha value is -2.30. The summed E-state index contributed by atoms with van der Waals surface area (Å²) >= 11 is 0. The highest BCUT2D eigenvalue weighted by molar-refractivity contribution is 6.00. The van der Waals surface area contributed by atoms with Crippen LogP contribution >= 0.6 is 0 Å². The first-order valence-corrected chi connectivity index (χ1v) is 10.8. The maximum Gasteiger partial charge on any atom is 0.268 e. The summed E-state index contributed by atoms with van der Waals surface area (Å²) in [7, 11) is 0. The summed E-state index contributed by atoms with van der Waals surface area (Å²) in [6, 6.07) is 7.61. The zero-order chi connectivity index (χ0) is 21.1. The van der Waals surface area contributed by atoms with Crippen LogP contribution in [0.1, 0.15) is 57.1 Å². The van der Waals surface area contributed by atoms with Crippen LogP contribution in [0, 0.1) is 30.1 Å². The monoisotopic (exact) mass is 395 g/mol. The third-order valence-electron chi connectivity index (χ3n) is 7.26. The summed E-state index contributed by atoms with van der Waals surface area (Å²) < 4.78 is 0. The third-order valence-corrected chi connectivity index (χ3v) is 7.26. The van der Waals surface area contributed by atoms with Gasteiger partial charge in [0.1, 0.15) is 11.7 Å². The Morgan fingerprint density at radius 1 is 1.31 bits per heavy atom. The van der Waals surface area contributed by atoms with Gasteiger partial charge in [-0.3, -0.25) is 9.59 Å². The number of H-pyrrole nitrogens is 1. The first-order valence-electron chi connectivity index (χ1n) is 10.8. The minimum Gasteiger partial charge on any atom is -0.351 e. The molecule has 2 heterocycles. The van der Waals surface area contributed by atoms with Gasteiger partial charge in [0.2, 0.25) is 5.91 Å². The summed E-state index contributed by atoms with van der Waals surface area (Å²) in [4.78, 5) is 31.5. The number of carbonyl (C=O) groups is 2. The topological polar surface area (TPSA) is 65.2 Å². The van der Waals surface area contributed by atoms with E-state index in [4.69, 9.17) is 0 Å². The number of rotatable bonds is 5. The van der Waals surface area contributed by atoms with Crippen molar-refractivity contribution in [1.29, 1.82) is 0 Å². The highest BCUT2D eigenvalue weighted by Crippen LogP contribution is 2.64. The zero-order valence-electron chi connectivity index (χ0n) is 18.4. The number of aromatic amines is 1. The Kier molecular flexibility index (Phi) is 4.75. The summed E-state index contributed by atoms with van der Waals surface area (Å²) in [5.41, 5.74) is 2.92. The largest absolute Gasteiger partial charge is 0.351 e. The predicted molar refractivity (Wildman–Crippen MR) is 116 cm³/mol. The predicted octanol–water partition coefficient (Wildman–Crippen LogP) is 4.12. The first kappa shape index (κ1) is 20.0. The van der Waals surface area contributed by atoms with E-state index < -0.39 is 6.04 Å². The number of aromatic nitrogens is 1. The molecule has 1 aromatic carbocycles. The lowest BCUT2D eigenvalue weighted by Gasteiger charge is -2.32. The van der Waals surface area contributed by atoms with Gasteiger partial charge in [-0.25, -0.2) is 0 Å². The van der Waals surface area contributed by atoms with Crippen LogP contribution < -0.4 is 5.32 Å². The van der Waals surface area contributed by atoms with Gasteiger partial charge in [-0.1, -0.05) is 39.8 Å². The molecular weight excluding hydrogens is 362 g/mol. The Morgan fingerprint density at radius 3 is 2.62 bits per heavy atom. The van der Waals surface area contributed by atoms with Gasteiger partial charge in [-0.05, 0) is 61.1 Å². The highest BCUT2D eigenvalue weighted by Gasteiger charge is 2.66. The van der Waals surface area contributed by atoms with Crippen LogP contribution in [0.5, 0.6) is 0 Å². The molecule has 156 valence electrons. The first-order chi connectivity index (χ1) is 13.6. The molecule has 0 unspecified atom stereocenters. The van der Waals surface area contributed by atoms with E-state index in [1.54, 1.807) is 0 Å². The number of benzene rings is 1. The van der Waals surface area contributed by atoms with E-state index in [0.717, 1.165) is 23.0 Å². The van der Waals surface area contributed by atoms with Crippen LogP contribution in [0.4, 0.5) is 0 Å². The average molecular weight is 396 g/mol. The quantitative estimate of drug-likeness (QED) is 0.800. The fraction of sp³-hybridized carbons (Fsp3) is 0.583. The van der Waals surface area contributed by atoms with Crippen molar-refractivity contribution >= 4 is 22.7 Å². The van der Waals surface area contributed by atoms with E-state index in [1.165, 1.54) is 0 Å². The van der Waals surface area contributed by atoms with Crippen LogP contribution in [0.2, 0.25) is 0 Å². The molecule has 5 heteroatoms. The summed E-state index contributed by atoms with van der Waals surface area (Å²) in [6.45, 7) is 13.8. The second-order valence-corrected chi connectivity index (χ2v) is 10.1. The van der Waals surface area contributed by atoms with Crippen molar-refractivity contribution in [3.8, 4) is 0 Å². The summed E-state index contributed by atoms with van der Waals surface area (Å²) in [5.74, 6) is 1.34. The second-order valence-electron chi connectivity index (χ2n) is 10.1. The lowest BCUT2D eigenvalue weighted by atomic mass is 9.99. The molecule has 2 fully saturated rings. The van der Waals surface area contributed by atoms with Crippen LogP contribution in [-0.4, -0.2) is 40.3 Å². The molecule has 2 aromatic rings. The van der Waals surface area contributed by atoms with Crippen molar-refractivity contribution in [3.05, 3.63) is 35.5 Å². The van der Waals surface area contributed by atoms with Crippen LogP contribution in [0.15, 0.2) is 24.3 Å². The van der Waals surface area contributed by atoms with Gasteiger partial charge in [0.05, 0.1) is 0 Å². The van der Waals surface area contributed by atoms with E-state index in [0.29, 0.717) is 35.3 Å². The molecule has 5 nitrogen and oxygen atoms in total. The van der Waals surface area contributed by atoms with Crippen molar-refractivity contribution in [2.75, 3.05) is 6.54 Å². The maximum absolute atomic E-state index is 13.4. The van der Waals surface area contributed by atoms with Crippen molar-refractivity contribution in [1.82, 2.24) is 15.2 Å². The highest BCUT2D eigenvalue weighted by atomic mass is 16.2. The van der Waals surface area contributed by atoms with Gasteiger partial charge in [0.15, 0.2) is 0 Å². The van der Waals surface area contributed by atoms with Crippen molar-refractivity contribution in [2.24, 2.45) is 23.2 Å². The normalized spacial score (nSPS) is 25.9. The van der Waals surface area contributed by atoms with Crippen LogP contribution in [0.3, 0.4) is 0 Å². The lowest BCUT2D eigenvalue weighted by molar-refractivity contribution is -0.135. The van der Waals surface area contributed by atoms with Crippen LogP contribution in [-0.2, 0) is 4.79 Å². The van der Waals surface area contributed by atoms with Crippen LogP contribution in [0.25, 0.3) is 10.9 Å². The number of hydrogen-bond donors (Lipinski definition) is 2. The Bertz CT molecular complexity index is 958. The average Bonchev–Trinajstić information content (AvgIpc) is 2.98. The molecule has 4 rings (SSSR count).